The van der Waals surface area contributed by atoms with Crippen molar-refractivity contribution in [2.45, 2.75) is 51.1 Å². The second-order valence-corrected chi connectivity index (χ2v) is 4.92. The van der Waals surface area contributed by atoms with Crippen molar-refractivity contribution < 1.29 is 14.7 Å². The SMILES string of the molecule is CCN(C(=O)C1(N)CCC1)C(C)(C)C(=O)O. The van der Waals surface area contributed by atoms with Crippen LogP contribution in [0.25, 0.3) is 0 Å². The number of likely N-dealkylation sites (N-methyl/N-ethyl adjacent to an activating group) is 1. The molecule has 0 unspecified atom stereocenters. The highest BCUT2D eigenvalue weighted by Crippen LogP contribution is 2.33. The number of carbonyl (C=O) groups is 2. The highest BCUT2D eigenvalue weighted by molar-refractivity contribution is 5.92. The Kier molecular flexibility index (Phi) is 3.28. The van der Waals surface area contributed by atoms with Crippen LogP contribution in [-0.4, -0.2) is 39.5 Å². The van der Waals surface area contributed by atoms with E-state index in [4.69, 9.17) is 10.8 Å². The minimum absolute atomic E-state index is 0.242. The lowest BCUT2D eigenvalue weighted by Crippen LogP contribution is -2.65. The second kappa shape index (κ2) is 4.05. The molecule has 0 aromatic carbocycles. The first kappa shape index (κ1) is 13.0. The number of hydrogen-bond acceptors (Lipinski definition) is 3. The smallest absolute Gasteiger partial charge is 0.329 e. The van der Waals surface area contributed by atoms with Crippen LogP contribution in [0.5, 0.6) is 0 Å². The predicted molar refractivity (Wildman–Crippen MR) is 59.9 cm³/mol. The van der Waals surface area contributed by atoms with E-state index in [9.17, 15) is 9.59 Å². The van der Waals surface area contributed by atoms with Crippen molar-refractivity contribution in [2.75, 3.05) is 6.54 Å². The standard InChI is InChI=1S/C11H20N2O3/c1-4-13(10(2,3)9(15)16)8(14)11(12)6-5-7-11/h4-7,12H2,1-3H3,(H,15,16). The Hall–Kier alpha value is -1.10. The molecule has 0 aliphatic heterocycles. The zero-order chi connectivity index (χ0) is 12.6. The normalized spacial score (nSPS) is 18.8. The summed E-state index contributed by atoms with van der Waals surface area (Å²) in [4.78, 5) is 24.6. The fraction of sp³-hybridized carbons (Fsp3) is 0.818. The second-order valence-electron chi connectivity index (χ2n) is 4.92. The van der Waals surface area contributed by atoms with Crippen LogP contribution in [0, 0.1) is 0 Å². The van der Waals surface area contributed by atoms with Crippen LogP contribution >= 0.6 is 0 Å². The number of nitrogens with zero attached hydrogens (tertiary/aromatic N) is 1. The number of amides is 1. The number of carboxylic acids is 1. The average molecular weight is 228 g/mol. The van der Waals surface area contributed by atoms with Crippen molar-refractivity contribution in [3.8, 4) is 0 Å². The van der Waals surface area contributed by atoms with E-state index in [1.165, 1.54) is 18.7 Å². The average Bonchev–Trinajstić information content (AvgIpc) is 2.14. The lowest BCUT2D eigenvalue weighted by atomic mass is 9.76. The molecule has 1 fully saturated rings. The first-order chi connectivity index (χ1) is 7.25. The summed E-state index contributed by atoms with van der Waals surface area (Å²) < 4.78 is 0. The molecule has 92 valence electrons. The van der Waals surface area contributed by atoms with Crippen LogP contribution in [-0.2, 0) is 9.59 Å². The van der Waals surface area contributed by atoms with E-state index in [-0.39, 0.29) is 5.91 Å². The number of carbonyl (C=O) groups excluding carboxylic acids is 1. The third-order valence-corrected chi connectivity index (χ3v) is 3.43. The molecule has 1 aliphatic carbocycles. The number of carboxylic acid groups (broad SMARTS) is 1. The van der Waals surface area contributed by atoms with Gasteiger partial charge in [-0.25, -0.2) is 4.79 Å². The molecule has 0 atom stereocenters. The quantitative estimate of drug-likeness (QED) is 0.737. The Balaban J connectivity index is 2.90. The number of rotatable bonds is 4. The maximum Gasteiger partial charge on any atom is 0.329 e. The van der Waals surface area contributed by atoms with Crippen molar-refractivity contribution in [3.63, 3.8) is 0 Å². The van der Waals surface area contributed by atoms with Crippen LogP contribution in [0.4, 0.5) is 0 Å². The molecule has 1 amide bonds. The Morgan fingerprint density at radius 2 is 1.94 bits per heavy atom. The maximum atomic E-state index is 12.2. The third kappa shape index (κ3) is 1.91. The molecule has 0 aromatic heterocycles. The van der Waals surface area contributed by atoms with Crippen LogP contribution < -0.4 is 5.73 Å². The summed E-state index contributed by atoms with van der Waals surface area (Å²) in [5.74, 6) is -1.25. The zero-order valence-corrected chi connectivity index (χ0v) is 10.1. The van der Waals surface area contributed by atoms with Gasteiger partial charge in [0.25, 0.3) is 0 Å². The van der Waals surface area contributed by atoms with Crippen molar-refractivity contribution in [2.24, 2.45) is 5.73 Å². The van der Waals surface area contributed by atoms with E-state index < -0.39 is 17.0 Å². The lowest BCUT2D eigenvalue weighted by molar-refractivity contribution is -0.160. The van der Waals surface area contributed by atoms with E-state index in [1.807, 2.05) is 0 Å². The molecule has 5 nitrogen and oxygen atoms in total. The van der Waals surface area contributed by atoms with Gasteiger partial charge in [0.15, 0.2) is 0 Å². The van der Waals surface area contributed by atoms with Crippen molar-refractivity contribution in [1.82, 2.24) is 4.90 Å². The van der Waals surface area contributed by atoms with Gasteiger partial charge in [0.1, 0.15) is 5.54 Å². The van der Waals surface area contributed by atoms with E-state index >= 15 is 0 Å². The number of hydrogen-bond donors (Lipinski definition) is 2. The number of aliphatic carboxylic acids is 1. The zero-order valence-electron chi connectivity index (χ0n) is 10.1. The Labute approximate surface area is 95.6 Å². The highest BCUT2D eigenvalue weighted by atomic mass is 16.4. The minimum Gasteiger partial charge on any atom is -0.480 e. The molecule has 3 N–H and O–H groups in total. The van der Waals surface area contributed by atoms with Gasteiger partial charge in [-0.2, -0.15) is 0 Å². The van der Waals surface area contributed by atoms with Crippen LogP contribution in [0.15, 0.2) is 0 Å². The fourth-order valence-electron chi connectivity index (χ4n) is 1.95. The van der Waals surface area contributed by atoms with E-state index in [0.29, 0.717) is 19.4 Å². The van der Waals surface area contributed by atoms with Gasteiger partial charge in [-0.3, -0.25) is 4.79 Å². The van der Waals surface area contributed by atoms with Crippen molar-refractivity contribution in [3.05, 3.63) is 0 Å². The summed E-state index contributed by atoms with van der Waals surface area (Å²) in [6.45, 7) is 5.18. The van der Waals surface area contributed by atoms with Crippen LogP contribution in [0.2, 0.25) is 0 Å². The third-order valence-electron chi connectivity index (χ3n) is 3.43. The molecule has 0 radical (unpaired) electrons. The van der Waals surface area contributed by atoms with Gasteiger partial charge in [-0.05, 0) is 40.0 Å². The van der Waals surface area contributed by atoms with Gasteiger partial charge in [0, 0.05) is 6.54 Å². The molecule has 16 heavy (non-hydrogen) atoms. The van der Waals surface area contributed by atoms with Gasteiger partial charge in [-0.1, -0.05) is 0 Å². The largest absolute Gasteiger partial charge is 0.480 e. The maximum absolute atomic E-state index is 12.2. The molecule has 1 saturated carbocycles. The Morgan fingerprint density at radius 3 is 2.19 bits per heavy atom. The molecule has 1 rings (SSSR count). The summed E-state index contributed by atoms with van der Waals surface area (Å²) in [5.41, 5.74) is 3.90. The summed E-state index contributed by atoms with van der Waals surface area (Å²) in [5, 5.41) is 9.11. The van der Waals surface area contributed by atoms with Gasteiger partial charge in [0.2, 0.25) is 5.91 Å². The van der Waals surface area contributed by atoms with E-state index in [0.717, 1.165) is 6.42 Å². The molecule has 0 saturated heterocycles. The van der Waals surface area contributed by atoms with Gasteiger partial charge < -0.3 is 15.7 Å². The van der Waals surface area contributed by atoms with Crippen LogP contribution in [0.3, 0.4) is 0 Å². The molecule has 0 bridgehead atoms. The van der Waals surface area contributed by atoms with E-state index in [2.05, 4.69) is 0 Å². The lowest BCUT2D eigenvalue weighted by Gasteiger charge is -2.44. The first-order valence-corrected chi connectivity index (χ1v) is 5.60. The van der Waals surface area contributed by atoms with Crippen molar-refractivity contribution in [1.29, 1.82) is 0 Å². The summed E-state index contributed by atoms with van der Waals surface area (Å²) in [6, 6.07) is 0. The first-order valence-electron chi connectivity index (χ1n) is 5.60. The Morgan fingerprint density at radius 1 is 1.44 bits per heavy atom. The van der Waals surface area contributed by atoms with Gasteiger partial charge in [0.05, 0.1) is 5.54 Å². The summed E-state index contributed by atoms with van der Waals surface area (Å²) >= 11 is 0. The van der Waals surface area contributed by atoms with Crippen LogP contribution in [0.1, 0.15) is 40.0 Å². The molecular formula is C11H20N2O3. The fourth-order valence-corrected chi connectivity index (χ4v) is 1.95. The minimum atomic E-state index is -1.20. The van der Waals surface area contributed by atoms with Crippen molar-refractivity contribution >= 4 is 11.9 Å². The topological polar surface area (TPSA) is 83.6 Å². The molecule has 5 heteroatoms. The van der Waals surface area contributed by atoms with Gasteiger partial charge in [-0.15, -0.1) is 0 Å². The molecule has 0 aromatic rings. The molecular weight excluding hydrogens is 208 g/mol. The van der Waals surface area contributed by atoms with E-state index in [1.54, 1.807) is 6.92 Å². The Bertz CT molecular complexity index is 308. The predicted octanol–water partition coefficient (Wildman–Crippen LogP) is 0.579. The molecule has 1 aliphatic rings. The highest BCUT2D eigenvalue weighted by Gasteiger charge is 2.47. The summed E-state index contributed by atoms with van der Waals surface area (Å²) in [7, 11) is 0. The molecule has 0 spiro atoms. The molecule has 0 heterocycles. The van der Waals surface area contributed by atoms with Gasteiger partial charge >= 0.3 is 5.97 Å². The summed E-state index contributed by atoms with van der Waals surface area (Å²) in [6.07, 6.45) is 2.24. The number of nitrogens with two attached hydrogens (primary N) is 1. The monoisotopic (exact) mass is 228 g/mol.